The van der Waals surface area contributed by atoms with E-state index in [9.17, 15) is 14.7 Å². The lowest BCUT2D eigenvalue weighted by Crippen LogP contribution is -2.55. The molecule has 0 spiro atoms. The molecule has 0 aromatic rings. The second-order valence-electron chi connectivity index (χ2n) is 5.55. The fourth-order valence-electron chi connectivity index (χ4n) is 2.31. The number of rotatable bonds is 6. The number of carboxylic acids is 1. The molecule has 110 valence electrons. The van der Waals surface area contributed by atoms with Crippen molar-refractivity contribution < 1.29 is 19.4 Å². The van der Waals surface area contributed by atoms with E-state index in [0.717, 1.165) is 6.42 Å². The molecular weight excluding hydrogens is 248 g/mol. The molecule has 19 heavy (non-hydrogen) atoms. The van der Waals surface area contributed by atoms with Crippen LogP contribution in [0.25, 0.3) is 0 Å². The van der Waals surface area contributed by atoms with Gasteiger partial charge in [-0.25, -0.2) is 0 Å². The molecule has 1 fully saturated rings. The Kier molecular flexibility index (Phi) is 5.31. The Morgan fingerprint density at radius 1 is 1.42 bits per heavy atom. The Morgan fingerprint density at radius 3 is 2.47 bits per heavy atom. The van der Waals surface area contributed by atoms with Crippen LogP contribution in [-0.4, -0.2) is 42.3 Å². The van der Waals surface area contributed by atoms with Crippen molar-refractivity contribution in [2.24, 2.45) is 11.1 Å². The fourth-order valence-corrected chi connectivity index (χ4v) is 2.31. The van der Waals surface area contributed by atoms with Crippen molar-refractivity contribution in [2.75, 3.05) is 19.8 Å². The number of amides is 1. The third-order valence-electron chi connectivity index (χ3n) is 3.78. The van der Waals surface area contributed by atoms with E-state index >= 15 is 0 Å². The monoisotopic (exact) mass is 272 g/mol. The predicted octanol–water partition coefficient (Wildman–Crippen LogP) is 0.502. The van der Waals surface area contributed by atoms with Crippen LogP contribution in [0.2, 0.25) is 0 Å². The van der Waals surface area contributed by atoms with Gasteiger partial charge in [-0.1, -0.05) is 13.3 Å². The molecule has 1 atom stereocenters. The number of ether oxygens (including phenoxy) is 1. The van der Waals surface area contributed by atoms with E-state index in [4.69, 9.17) is 10.5 Å². The molecule has 1 aliphatic heterocycles. The van der Waals surface area contributed by atoms with Crippen LogP contribution in [-0.2, 0) is 14.3 Å². The number of carbonyl (C=O) groups excluding carboxylic acids is 1. The number of nitrogens with two attached hydrogens (primary N) is 1. The highest BCUT2D eigenvalue weighted by atomic mass is 16.5. The molecule has 0 aromatic carbocycles. The minimum Gasteiger partial charge on any atom is -0.481 e. The lowest BCUT2D eigenvalue weighted by atomic mass is 9.80. The van der Waals surface area contributed by atoms with Crippen molar-refractivity contribution in [1.82, 2.24) is 5.32 Å². The Morgan fingerprint density at radius 2 is 2.00 bits per heavy atom. The lowest BCUT2D eigenvalue weighted by Gasteiger charge is -2.34. The molecule has 0 bridgehead atoms. The second-order valence-corrected chi connectivity index (χ2v) is 5.55. The Balaban J connectivity index is 2.62. The highest BCUT2D eigenvalue weighted by Gasteiger charge is 2.41. The summed E-state index contributed by atoms with van der Waals surface area (Å²) in [5, 5.41) is 12.1. The fraction of sp³-hybridized carbons (Fsp3) is 0.846. The number of aliphatic carboxylic acids is 1. The molecule has 0 aliphatic carbocycles. The van der Waals surface area contributed by atoms with Gasteiger partial charge in [-0.15, -0.1) is 0 Å². The first kappa shape index (κ1) is 15.9. The van der Waals surface area contributed by atoms with Crippen LogP contribution in [0.15, 0.2) is 0 Å². The van der Waals surface area contributed by atoms with Gasteiger partial charge in [0.05, 0.1) is 11.0 Å². The van der Waals surface area contributed by atoms with Crippen LogP contribution < -0.4 is 11.1 Å². The van der Waals surface area contributed by atoms with Gasteiger partial charge in [0, 0.05) is 19.8 Å². The van der Waals surface area contributed by atoms with Gasteiger partial charge in [0.1, 0.15) is 0 Å². The average Bonchev–Trinajstić information content (AvgIpc) is 2.36. The molecule has 4 N–H and O–H groups in total. The normalized spacial score (nSPS) is 21.4. The second kappa shape index (κ2) is 6.34. The molecule has 6 nitrogen and oxygen atoms in total. The highest BCUT2D eigenvalue weighted by molar-refractivity contribution is 5.86. The number of hydrogen-bond donors (Lipinski definition) is 3. The highest BCUT2D eigenvalue weighted by Crippen LogP contribution is 2.30. The SMILES string of the molecule is CCCC(C)(N)C(=O)NCC1(C(=O)O)CCOCC1. The Hall–Kier alpha value is -1.14. The maximum absolute atomic E-state index is 12.0. The Bertz CT molecular complexity index is 336. The van der Waals surface area contributed by atoms with Gasteiger partial charge in [0.25, 0.3) is 0 Å². The van der Waals surface area contributed by atoms with Crippen LogP contribution in [0, 0.1) is 5.41 Å². The van der Waals surface area contributed by atoms with Gasteiger partial charge >= 0.3 is 5.97 Å². The third kappa shape index (κ3) is 3.91. The number of carbonyl (C=O) groups is 2. The molecule has 1 saturated heterocycles. The van der Waals surface area contributed by atoms with Gasteiger partial charge in [-0.2, -0.15) is 0 Å². The maximum Gasteiger partial charge on any atom is 0.311 e. The zero-order valence-electron chi connectivity index (χ0n) is 11.7. The predicted molar refractivity (Wildman–Crippen MR) is 70.6 cm³/mol. The van der Waals surface area contributed by atoms with Gasteiger partial charge < -0.3 is 20.9 Å². The summed E-state index contributed by atoms with van der Waals surface area (Å²) in [6.45, 7) is 4.56. The van der Waals surface area contributed by atoms with E-state index in [1.54, 1.807) is 6.92 Å². The first-order chi connectivity index (χ1) is 8.84. The number of nitrogens with one attached hydrogen (secondary N) is 1. The molecule has 1 rings (SSSR count). The number of carboxylic acid groups (broad SMARTS) is 1. The summed E-state index contributed by atoms with van der Waals surface area (Å²) in [6, 6.07) is 0. The Labute approximate surface area is 113 Å². The molecule has 1 unspecified atom stereocenters. The van der Waals surface area contributed by atoms with Crippen LogP contribution in [0.5, 0.6) is 0 Å². The minimum atomic E-state index is -0.945. The summed E-state index contributed by atoms with van der Waals surface area (Å²) in [4.78, 5) is 23.4. The summed E-state index contributed by atoms with van der Waals surface area (Å²) < 4.78 is 5.19. The molecule has 6 heteroatoms. The largest absolute Gasteiger partial charge is 0.481 e. The van der Waals surface area contributed by atoms with E-state index < -0.39 is 16.9 Å². The van der Waals surface area contributed by atoms with Crippen molar-refractivity contribution in [3.05, 3.63) is 0 Å². The lowest BCUT2D eigenvalue weighted by molar-refractivity contribution is -0.154. The summed E-state index contributed by atoms with van der Waals surface area (Å²) in [6.07, 6.45) is 2.20. The van der Waals surface area contributed by atoms with E-state index in [1.807, 2.05) is 6.92 Å². The molecule has 1 aliphatic rings. The molecular formula is C13H24N2O4. The van der Waals surface area contributed by atoms with E-state index in [0.29, 0.717) is 32.5 Å². The topological polar surface area (TPSA) is 102 Å². The minimum absolute atomic E-state index is 0.112. The third-order valence-corrected chi connectivity index (χ3v) is 3.78. The standard InChI is InChI=1S/C13H24N2O4/c1-3-4-12(2,14)10(16)15-9-13(11(17)18)5-7-19-8-6-13/h3-9,14H2,1-2H3,(H,15,16)(H,17,18). The zero-order chi connectivity index (χ0) is 14.5. The van der Waals surface area contributed by atoms with Gasteiger partial charge in [0.2, 0.25) is 5.91 Å². The van der Waals surface area contributed by atoms with Crippen molar-refractivity contribution in [1.29, 1.82) is 0 Å². The van der Waals surface area contributed by atoms with Crippen molar-refractivity contribution in [2.45, 2.75) is 45.1 Å². The van der Waals surface area contributed by atoms with Crippen molar-refractivity contribution >= 4 is 11.9 Å². The molecule has 0 saturated carbocycles. The first-order valence-corrected chi connectivity index (χ1v) is 6.72. The summed E-state index contributed by atoms with van der Waals surface area (Å²) in [5.74, 6) is -1.17. The van der Waals surface area contributed by atoms with Crippen LogP contribution in [0.3, 0.4) is 0 Å². The van der Waals surface area contributed by atoms with Crippen LogP contribution in [0.1, 0.15) is 39.5 Å². The van der Waals surface area contributed by atoms with Crippen LogP contribution in [0.4, 0.5) is 0 Å². The summed E-state index contributed by atoms with van der Waals surface area (Å²) >= 11 is 0. The first-order valence-electron chi connectivity index (χ1n) is 6.72. The summed E-state index contributed by atoms with van der Waals surface area (Å²) in [7, 11) is 0. The van der Waals surface area contributed by atoms with E-state index in [-0.39, 0.29) is 12.5 Å². The van der Waals surface area contributed by atoms with Crippen LogP contribution >= 0.6 is 0 Å². The van der Waals surface area contributed by atoms with Crippen molar-refractivity contribution in [3.8, 4) is 0 Å². The molecule has 1 amide bonds. The van der Waals surface area contributed by atoms with Gasteiger partial charge in [-0.05, 0) is 26.2 Å². The van der Waals surface area contributed by atoms with Gasteiger partial charge in [-0.3, -0.25) is 9.59 Å². The molecule has 0 aromatic heterocycles. The quantitative estimate of drug-likeness (QED) is 0.653. The maximum atomic E-state index is 12.0. The smallest absolute Gasteiger partial charge is 0.311 e. The van der Waals surface area contributed by atoms with E-state index in [1.165, 1.54) is 0 Å². The molecule has 1 heterocycles. The summed E-state index contributed by atoms with van der Waals surface area (Å²) in [5.41, 5.74) is 4.06. The van der Waals surface area contributed by atoms with E-state index in [2.05, 4.69) is 5.32 Å². The number of hydrogen-bond acceptors (Lipinski definition) is 4. The average molecular weight is 272 g/mol. The van der Waals surface area contributed by atoms with Gasteiger partial charge in [0.15, 0.2) is 0 Å². The molecule has 0 radical (unpaired) electrons. The zero-order valence-corrected chi connectivity index (χ0v) is 11.7. The van der Waals surface area contributed by atoms with Crippen molar-refractivity contribution in [3.63, 3.8) is 0 Å².